The highest BCUT2D eigenvalue weighted by molar-refractivity contribution is 6.31. The lowest BCUT2D eigenvalue weighted by Crippen LogP contribution is -2.54. The van der Waals surface area contributed by atoms with Gasteiger partial charge in [0.2, 0.25) is 11.8 Å². The summed E-state index contributed by atoms with van der Waals surface area (Å²) in [5.41, 5.74) is 2.13. The van der Waals surface area contributed by atoms with Crippen LogP contribution in [0.2, 0.25) is 5.02 Å². The van der Waals surface area contributed by atoms with Gasteiger partial charge in [0.15, 0.2) is 0 Å². The highest BCUT2D eigenvalue weighted by atomic mass is 35.5. The Labute approximate surface area is 262 Å². The quantitative estimate of drug-likeness (QED) is 0.301. The van der Waals surface area contributed by atoms with E-state index in [0.717, 1.165) is 11.1 Å². The van der Waals surface area contributed by atoms with Gasteiger partial charge in [-0.15, -0.1) is 0 Å². The number of nitrogens with zero attached hydrogens (tertiary/aromatic N) is 2. The molecule has 0 spiro atoms. The van der Waals surface area contributed by atoms with Gasteiger partial charge in [0.1, 0.15) is 17.8 Å². The molecule has 4 rings (SSSR count). The van der Waals surface area contributed by atoms with Crippen molar-refractivity contribution in [2.45, 2.75) is 43.9 Å². The van der Waals surface area contributed by atoms with E-state index in [0.29, 0.717) is 48.7 Å². The van der Waals surface area contributed by atoms with Crippen LogP contribution in [0.3, 0.4) is 0 Å². The van der Waals surface area contributed by atoms with E-state index >= 15 is 0 Å². The predicted octanol–water partition coefficient (Wildman–Crippen LogP) is 4.07. The lowest BCUT2D eigenvalue weighted by Gasteiger charge is -2.29. The molecular formula is C31H32ClF3N4O6. The van der Waals surface area contributed by atoms with Crippen LogP contribution in [-0.4, -0.2) is 77.1 Å². The van der Waals surface area contributed by atoms with Crippen LogP contribution >= 0.6 is 11.6 Å². The summed E-state index contributed by atoms with van der Waals surface area (Å²) in [7, 11) is 1.53. The van der Waals surface area contributed by atoms with E-state index in [2.05, 4.69) is 15.6 Å². The van der Waals surface area contributed by atoms with E-state index < -0.39 is 30.1 Å². The number of aromatic nitrogens is 1. The Balaban J connectivity index is 0.000000707. The Morgan fingerprint density at radius 3 is 2.49 bits per heavy atom. The second-order valence-electron chi connectivity index (χ2n) is 9.95. The van der Waals surface area contributed by atoms with Crippen molar-refractivity contribution in [3.05, 3.63) is 94.8 Å². The lowest BCUT2D eigenvalue weighted by atomic mass is 10.0. The number of carboxylic acids is 1. The zero-order valence-corrected chi connectivity index (χ0v) is 25.0. The first-order valence-corrected chi connectivity index (χ1v) is 14.2. The number of amides is 3. The second-order valence-corrected chi connectivity index (χ2v) is 10.4. The average Bonchev–Trinajstić information content (AvgIpc) is 3.52. The first kappa shape index (κ1) is 34.8. The monoisotopic (exact) mass is 648 g/mol. The fourth-order valence-corrected chi connectivity index (χ4v) is 4.83. The van der Waals surface area contributed by atoms with E-state index in [9.17, 15) is 27.6 Å². The first-order chi connectivity index (χ1) is 21.4. The standard InChI is InChI=1S/C29H31ClN4O4.C2HF3O2/c1-38-23-10-4-9-22(18-23)27(35)33-25(17-20-7-5-14-31-19-20)29(37)34-16-6-12-26(34)28(36)32-15-13-21-8-2-3-11-24(21)30;3-2(4,5)1(6)7/h2-5,7-11,14,18-19,25-26H,6,12-13,15-17H2,1H3,(H,32,36)(H,33,35);(H,6,7)/t25-,26-;/m0./s1. The number of carbonyl (C=O) groups is 4. The summed E-state index contributed by atoms with van der Waals surface area (Å²) in [4.78, 5) is 54.6. The number of carboxylic acid groups (broad SMARTS) is 1. The molecule has 1 aliphatic heterocycles. The van der Waals surface area contributed by atoms with Gasteiger partial charge in [0, 0.05) is 42.5 Å². The van der Waals surface area contributed by atoms with Gasteiger partial charge in [-0.3, -0.25) is 19.4 Å². The normalized spacial score (nSPS) is 14.9. The molecule has 2 heterocycles. The summed E-state index contributed by atoms with van der Waals surface area (Å²) in [6, 6.07) is 16.4. The fraction of sp³-hybridized carbons (Fsp3) is 0.323. The molecule has 0 aliphatic carbocycles. The maximum atomic E-state index is 13.8. The zero-order valence-electron chi connectivity index (χ0n) is 24.2. The third-order valence-corrected chi connectivity index (χ3v) is 7.20. The van der Waals surface area contributed by atoms with Crippen molar-refractivity contribution in [3.8, 4) is 5.75 Å². The molecule has 45 heavy (non-hydrogen) atoms. The van der Waals surface area contributed by atoms with Crippen molar-refractivity contribution in [1.82, 2.24) is 20.5 Å². The molecule has 1 saturated heterocycles. The van der Waals surface area contributed by atoms with Crippen LogP contribution in [0.1, 0.15) is 34.3 Å². The third kappa shape index (κ3) is 10.5. The number of benzene rings is 2. The molecule has 0 bridgehead atoms. The summed E-state index contributed by atoms with van der Waals surface area (Å²) in [6.07, 6.45) is 0.344. The van der Waals surface area contributed by atoms with Gasteiger partial charge < -0.3 is 25.4 Å². The summed E-state index contributed by atoms with van der Waals surface area (Å²) < 4.78 is 37.0. The molecule has 0 saturated carbocycles. The molecule has 1 fully saturated rings. The third-order valence-electron chi connectivity index (χ3n) is 6.83. The number of alkyl halides is 3. The Hall–Kier alpha value is -4.65. The molecule has 3 aromatic rings. The SMILES string of the molecule is COc1cccc(C(=O)N[C@@H](Cc2cccnc2)C(=O)N2CCC[C@H]2C(=O)NCCc2ccccc2Cl)c1.O=C(O)C(F)(F)F. The van der Waals surface area contributed by atoms with Gasteiger partial charge >= 0.3 is 12.1 Å². The number of aliphatic carboxylic acids is 1. The Morgan fingerprint density at radius 2 is 1.84 bits per heavy atom. The van der Waals surface area contributed by atoms with Crippen LogP contribution in [-0.2, 0) is 27.2 Å². The maximum absolute atomic E-state index is 13.8. The van der Waals surface area contributed by atoms with Crippen molar-refractivity contribution < 1.29 is 42.2 Å². The van der Waals surface area contributed by atoms with Gasteiger partial charge in [0.05, 0.1) is 7.11 Å². The van der Waals surface area contributed by atoms with Crippen molar-refractivity contribution in [1.29, 1.82) is 0 Å². The van der Waals surface area contributed by atoms with Crippen LogP contribution in [0.5, 0.6) is 5.75 Å². The predicted molar refractivity (Wildman–Crippen MR) is 159 cm³/mol. The summed E-state index contributed by atoms with van der Waals surface area (Å²) in [6.45, 7) is 0.854. The molecule has 1 aliphatic rings. The molecule has 10 nitrogen and oxygen atoms in total. The highest BCUT2D eigenvalue weighted by Gasteiger charge is 2.39. The molecule has 3 N–H and O–H groups in total. The summed E-state index contributed by atoms with van der Waals surface area (Å²) >= 11 is 6.22. The number of hydrogen-bond acceptors (Lipinski definition) is 6. The number of methoxy groups -OCH3 is 1. The fourth-order valence-electron chi connectivity index (χ4n) is 4.60. The number of carbonyl (C=O) groups excluding carboxylic acids is 3. The molecule has 240 valence electrons. The van der Waals surface area contributed by atoms with Gasteiger partial charge in [-0.25, -0.2) is 4.79 Å². The van der Waals surface area contributed by atoms with E-state index in [1.165, 1.54) is 7.11 Å². The Morgan fingerprint density at radius 1 is 1.11 bits per heavy atom. The molecule has 1 aromatic heterocycles. The van der Waals surface area contributed by atoms with Gasteiger partial charge in [0.25, 0.3) is 5.91 Å². The topological polar surface area (TPSA) is 138 Å². The van der Waals surface area contributed by atoms with E-state index in [1.807, 2.05) is 30.3 Å². The summed E-state index contributed by atoms with van der Waals surface area (Å²) in [5.74, 6) is -3.12. The second kappa shape index (κ2) is 16.4. The number of hydrogen-bond donors (Lipinski definition) is 3. The number of likely N-dealkylation sites (tertiary alicyclic amines) is 1. The number of halogens is 4. The number of ether oxygens (including phenoxy) is 1. The van der Waals surface area contributed by atoms with Gasteiger partial charge in [-0.05, 0) is 60.7 Å². The van der Waals surface area contributed by atoms with Crippen molar-refractivity contribution in [2.75, 3.05) is 20.2 Å². The molecular weight excluding hydrogens is 617 g/mol. The van der Waals surface area contributed by atoms with Crippen LogP contribution in [0, 0.1) is 0 Å². The largest absolute Gasteiger partial charge is 0.497 e. The van der Waals surface area contributed by atoms with E-state index in [1.54, 1.807) is 47.6 Å². The minimum absolute atomic E-state index is 0.206. The molecule has 0 unspecified atom stereocenters. The van der Waals surface area contributed by atoms with Crippen LogP contribution in [0.15, 0.2) is 73.1 Å². The van der Waals surface area contributed by atoms with E-state index in [-0.39, 0.29) is 18.2 Å². The number of nitrogens with one attached hydrogen (secondary N) is 2. The zero-order chi connectivity index (χ0) is 33.0. The van der Waals surface area contributed by atoms with Crippen LogP contribution in [0.4, 0.5) is 13.2 Å². The Kier molecular flexibility index (Phi) is 12.7. The molecule has 14 heteroatoms. The minimum Gasteiger partial charge on any atom is -0.497 e. The number of rotatable bonds is 10. The van der Waals surface area contributed by atoms with Crippen molar-refractivity contribution >= 4 is 35.3 Å². The average molecular weight is 649 g/mol. The van der Waals surface area contributed by atoms with Gasteiger partial charge in [-0.1, -0.05) is 41.9 Å². The Bertz CT molecular complexity index is 1470. The molecule has 3 amide bonds. The summed E-state index contributed by atoms with van der Waals surface area (Å²) in [5, 5.41) is 13.6. The van der Waals surface area contributed by atoms with E-state index in [4.69, 9.17) is 26.2 Å². The van der Waals surface area contributed by atoms with Crippen LogP contribution in [0.25, 0.3) is 0 Å². The molecule has 2 aromatic carbocycles. The first-order valence-electron chi connectivity index (χ1n) is 13.9. The van der Waals surface area contributed by atoms with Crippen molar-refractivity contribution in [3.63, 3.8) is 0 Å². The number of pyridine rings is 1. The minimum atomic E-state index is -5.08. The molecule has 2 atom stereocenters. The highest BCUT2D eigenvalue weighted by Crippen LogP contribution is 2.21. The van der Waals surface area contributed by atoms with Gasteiger partial charge in [-0.2, -0.15) is 13.2 Å². The van der Waals surface area contributed by atoms with Crippen LogP contribution < -0.4 is 15.4 Å². The maximum Gasteiger partial charge on any atom is 0.490 e. The smallest absolute Gasteiger partial charge is 0.490 e. The lowest BCUT2D eigenvalue weighted by molar-refractivity contribution is -0.192. The molecule has 0 radical (unpaired) electrons. The van der Waals surface area contributed by atoms with Crippen molar-refractivity contribution in [2.24, 2.45) is 0 Å².